The van der Waals surface area contributed by atoms with Gasteiger partial charge in [-0.1, -0.05) is 49.2 Å². The number of nitrogens with zero attached hydrogens (tertiary/aromatic N) is 2. The molecule has 7 nitrogen and oxygen atoms in total. The summed E-state index contributed by atoms with van der Waals surface area (Å²) in [7, 11) is -3.88. The van der Waals surface area contributed by atoms with Gasteiger partial charge in [0.2, 0.25) is 21.8 Å². The molecule has 34 heavy (non-hydrogen) atoms. The Morgan fingerprint density at radius 3 is 2.38 bits per heavy atom. The second-order valence-corrected chi connectivity index (χ2v) is 10.6. The normalized spacial score (nSPS) is 15.0. The predicted molar refractivity (Wildman–Crippen MR) is 130 cm³/mol. The molecule has 0 heterocycles. The molecule has 1 aliphatic rings. The van der Waals surface area contributed by atoms with Crippen molar-refractivity contribution in [1.29, 1.82) is 0 Å². The predicted octanol–water partition coefficient (Wildman–Crippen LogP) is 3.11. The highest BCUT2D eigenvalue weighted by Crippen LogP contribution is 2.20. The van der Waals surface area contributed by atoms with Crippen LogP contribution in [0, 0.1) is 5.82 Å². The average molecular weight is 490 g/mol. The van der Waals surface area contributed by atoms with Crippen molar-refractivity contribution in [2.75, 3.05) is 23.7 Å². The van der Waals surface area contributed by atoms with Crippen LogP contribution >= 0.6 is 0 Å². The number of anilines is 1. The SMILES string of the molecule is CC(C(=O)NC1CCCC1)N(CCc1ccccc1)C(=O)CN(c1cccc(F)c1)S(C)(=O)=O. The van der Waals surface area contributed by atoms with Gasteiger partial charge in [-0.25, -0.2) is 12.8 Å². The van der Waals surface area contributed by atoms with E-state index in [0.29, 0.717) is 6.42 Å². The van der Waals surface area contributed by atoms with E-state index in [1.807, 2.05) is 30.3 Å². The highest BCUT2D eigenvalue weighted by atomic mass is 32.2. The lowest BCUT2D eigenvalue weighted by Gasteiger charge is -2.32. The van der Waals surface area contributed by atoms with E-state index >= 15 is 0 Å². The minimum atomic E-state index is -3.88. The molecule has 1 fully saturated rings. The van der Waals surface area contributed by atoms with Gasteiger partial charge < -0.3 is 10.2 Å². The molecule has 1 unspecified atom stereocenters. The minimum Gasteiger partial charge on any atom is -0.352 e. The maximum absolute atomic E-state index is 13.8. The fourth-order valence-electron chi connectivity index (χ4n) is 4.21. The van der Waals surface area contributed by atoms with Crippen molar-refractivity contribution in [2.24, 2.45) is 0 Å². The van der Waals surface area contributed by atoms with Crippen molar-refractivity contribution < 1.29 is 22.4 Å². The van der Waals surface area contributed by atoms with Crippen LogP contribution in [0.1, 0.15) is 38.2 Å². The molecule has 184 valence electrons. The number of amides is 2. The van der Waals surface area contributed by atoms with Crippen LogP contribution in [-0.2, 0) is 26.0 Å². The van der Waals surface area contributed by atoms with Gasteiger partial charge in [0.05, 0.1) is 11.9 Å². The molecule has 0 bridgehead atoms. The zero-order valence-electron chi connectivity index (χ0n) is 19.6. The smallest absolute Gasteiger partial charge is 0.244 e. The van der Waals surface area contributed by atoms with Gasteiger partial charge in [0, 0.05) is 12.6 Å². The Hall–Kier alpha value is -2.94. The first-order chi connectivity index (χ1) is 16.1. The highest BCUT2D eigenvalue weighted by molar-refractivity contribution is 7.92. The van der Waals surface area contributed by atoms with Crippen LogP contribution in [0.4, 0.5) is 10.1 Å². The summed E-state index contributed by atoms with van der Waals surface area (Å²) in [5.41, 5.74) is 1.05. The Kier molecular flexibility index (Phi) is 8.66. The molecule has 1 atom stereocenters. The summed E-state index contributed by atoms with van der Waals surface area (Å²) in [5, 5.41) is 3.02. The lowest BCUT2D eigenvalue weighted by Crippen LogP contribution is -2.53. The lowest BCUT2D eigenvalue weighted by atomic mass is 10.1. The molecule has 3 rings (SSSR count). The van der Waals surface area contributed by atoms with Crippen LogP contribution in [0.15, 0.2) is 54.6 Å². The number of nitrogens with one attached hydrogen (secondary N) is 1. The molecular formula is C25H32FN3O4S. The third-order valence-electron chi connectivity index (χ3n) is 6.13. The summed E-state index contributed by atoms with van der Waals surface area (Å²) < 4.78 is 39.6. The second-order valence-electron chi connectivity index (χ2n) is 8.74. The van der Waals surface area contributed by atoms with E-state index < -0.39 is 34.3 Å². The molecule has 1 saturated carbocycles. The fourth-order valence-corrected chi connectivity index (χ4v) is 5.05. The van der Waals surface area contributed by atoms with Crippen LogP contribution in [0.25, 0.3) is 0 Å². The Labute approximate surface area is 201 Å². The Bertz CT molecular complexity index is 1090. The van der Waals surface area contributed by atoms with Gasteiger partial charge >= 0.3 is 0 Å². The number of halogens is 1. The first-order valence-corrected chi connectivity index (χ1v) is 13.4. The van der Waals surface area contributed by atoms with E-state index in [9.17, 15) is 22.4 Å². The standard InChI is InChI=1S/C25H32FN3O4S/c1-19(25(31)27-22-12-6-7-13-22)28(16-15-20-9-4-3-5-10-20)24(30)18-29(34(2,32)33)23-14-8-11-21(26)17-23/h3-5,8-11,14,17,19,22H,6-7,12-13,15-16,18H2,1-2H3,(H,27,31). The summed E-state index contributed by atoms with van der Waals surface area (Å²) >= 11 is 0. The first-order valence-electron chi connectivity index (χ1n) is 11.5. The van der Waals surface area contributed by atoms with Gasteiger partial charge in [-0.3, -0.25) is 13.9 Å². The summed E-state index contributed by atoms with van der Waals surface area (Å²) in [6, 6.07) is 14.0. The number of sulfonamides is 1. The number of carbonyl (C=O) groups is 2. The molecular weight excluding hydrogens is 457 g/mol. The van der Waals surface area contributed by atoms with Crippen molar-refractivity contribution in [3.8, 4) is 0 Å². The van der Waals surface area contributed by atoms with Crippen LogP contribution in [0.3, 0.4) is 0 Å². The Morgan fingerprint density at radius 1 is 1.09 bits per heavy atom. The fraction of sp³-hybridized carbons (Fsp3) is 0.440. The third-order valence-corrected chi connectivity index (χ3v) is 7.27. The molecule has 0 saturated heterocycles. The van der Waals surface area contributed by atoms with E-state index in [-0.39, 0.29) is 24.2 Å². The maximum Gasteiger partial charge on any atom is 0.244 e. The molecule has 2 aromatic carbocycles. The van der Waals surface area contributed by atoms with E-state index in [0.717, 1.165) is 47.9 Å². The molecule has 0 aromatic heterocycles. The van der Waals surface area contributed by atoms with Gasteiger partial charge in [-0.05, 0) is 49.9 Å². The number of carbonyl (C=O) groups excluding carboxylic acids is 2. The highest BCUT2D eigenvalue weighted by Gasteiger charge is 2.31. The minimum absolute atomic E-state index is 0.0573. The van der Waals surface area contributed by atoms with Gasteiger partial charge in [0.1, 0.15) is 18.4 Å². The van der Waals surface area contributed by atoms with Crippen LogP contribution in [0.5, 0.6) is 0 Å². The largest absolute Gasteiger partial charge is 0.352 e. The van der Waals surface area contributed by atoms with Crippen molar-refractivity contribution >= 4 is 27.5 Å². The van der Waals surface area contributed by atoms with Crippen molar-refractivity contribution in [3.05, 3.63) is 66.0 Å². The average Bonchev–Trinajstić information content (AvgIpc) is 3.30. The zero-order valence-corrected chi connectivity index (χ0v) is 20.4. The first kappa shape index (κ1) is 25.7. The summed E-state index contributed by atoms with van der Waals surface area (Å²) in [5.74, 6) is -1.39. The van der Waals surface area contributed by atoms with E-state index in [1.54, 1.807) is 6.92 Å². The Morgan fingerprint density at radius 2 is 1.76 bits per heavy atom. The number of benzene rings is 2. The second kappa shape index (κ2) is 11.5. The maximum atomic E-state index is 13.8. The van der Waals surface area contributed by atoms with E-state index in [4.69, 9.17) is 0 Å². The molecule has 0 radical (unpaired) electrons. The lowest BCUT2D eigenvalue weighted by molar-refractivity contribution is -0.139. The van der Waals surface area contributed by atoms with E-state index in [2.05, 4.69) is 5.32 Å². The zero-order chi connectivity index (χ0) is 24.7. The van der Waals surface area contributed by atoms with Crippen molar-refractivity contribution in [3.63, 3.8) is 0 Å². The molecule has 1 aliphatic carbocycles. The number of hydrogen-bond donors (Lipinski definition) is 1. The molecule has 0 spiro atoms. The van der Waals surface area contributed by atoms with Crippen molar-refractivity contribution in [1.82, 2.24) is 10.2 Å². The van der Waals surface area contributed by atoms with Crippen molar-refractivity contribution in [2.45, 2.75) is 51.1 Å². The van der Waals surface area contributed by atoms with Gasteiger partial charge in [-0.2, -0.15) is 0 Å². The van der Waals surface area contributed by atoms with Gasteiger partial charge in [-0.15, -0.1) is 0 Å². The van der Waals surface area contributed by atoms with Gasteiger partial charge in [0.15, 0.2) is 0 Å². The van der Waals surface area contributed by atoms with Gasteiger partial charge in [0.25, 0.3) is 0 Å². The summed E-state index contributed by atoms with van der Waals surface area (Å²) in [6.45, 7) is 1.36. The monoisotopic (exact) mass is 489 g/mol. The van der Waals surface area contributed by atoms with Crippen LogP contribution in [0.2, 0.25) is 0 Å². The third kappa shape index (κ3) is 7.03. The summed E-state index contributed by atoms with van der Waals surface area (Å²) in [4.78, 5) is 27.8. The van der Waals surface area contributed by atoms with Crippen LogP contribution < -0.4 is 9.62 Å². The van der Waals surface area contributed by atoms with E-state index in [1.165, 1.54) is 23.1 Å². The topological polar surface area (TPSA) is 86.8 Å². The van der Waals surface area contributed by atoms with Crippen LogP contribution in [-0.4, -0.2) is 56.6 Å². The molecule has 2 amide bonds. The molecule has 2 aromatic rings. The molecule has 1 N–H and O–H groups in total. The Balaban J connectivity index is 1.81. The molecule has 0 aliphatic heterocycles. The quantitative estimate of drug-likeness (QED) is 0.556. The molecule has 9 heteroatoms. The number of rotatable bonds is 10. The number of hydrogen-bond acceptors (Lipinski definition) is 4. The summed E-state index contributed by atoms with van der Waals surface area (Å²) in [6.07, 6.45) is 5.43.